The minimum Gasteiger partial charge on any atom is -0.490 e. The van der Waals surface area contributed by atoms with Gasteiger partial charge in [-0.05, 0) is 43.4 Å². The second-order valence-corrected chi connectivity index (χ2v) is 6.47. The lowest BCUT2D eigenvalue weighted by Gasteiger charge is -2.29. The standard InChI is InChI=1S/C18H28FNO/c1-4-14-6-5-7-17(10-14)21-18-9-8-16(19)11-15(18)12-20-13(2)3/h8-9,11,13-14,17,20H,4-7,10,12H2,1-3H3. The van der Waals surface area contributed by atoms with Crippen molar-refractivity contribution in [2.45, 2.75) is 71.6 Å². The highest BCUT2D eigenvalue weighted by atomic mass is 19.1. The Morgan fingerprint density at radius 3 is 2.86 bits per heavy atom. The second-order valence-electron chi connectivity index (χ2n) is 6.47. The van der Waals surface area contributed by atoms with E-state index in [0.29, 0.717) is 12.6 Å². The minimum absolute atomic E-state index is 0.196. The quantitative estimate of drug-likeness (QED) is 0.823. The van der Waals surface area contributed by atoms with Crippen LogP contribution in [0.2, 0.25) is 0 Å². The van der Waals surface area contributed by atoms with Crippen LogP contribution in [0.3, 0.4) is 0 Å². The molecule has 1 aliphatic carbocycles. The van der Waals surface area contributed by atoms with E-state index in [-0.39, 0.29) is 11.9 Å². The van der Waals surface area contributed by atoms with Gasteiger partial charge < -0.3 is 10.1 Å². The Kier molecular flexibility index (Phi) is 6.04. The van der Waals surface area contributed by atoms with Gasteiger partial charge in [0, 0.05) is 18.2 Å². The first-order valence-corrected chi connectivity index (χ1v) is 8.27. The summed E-state index contributed by atoms with van der Waals surface area (Å²) in [5.74, 6) is 1.42. The van der Waals surface area contributed by atoms with Gasteiger partial charge in [0.1, 0.15) is 11.6 Å². The molecular weight excluding hydrogens is 265 g/mol. The van der Waals surface area contributed by atoms with Crippen LogP contribution in [0, 0.1) is 11.7 Å². The van der Waals surface area contributed by atoms with E-state index in [0.717, 1.165) is 30.1 Å². The fourth-order valence-corrected chi connectivity index (χ4v) is 3.01. The van der Waals surface area contributed by atoms with Crippen LogP contribution in [0.25, 0.3) is 0 Å². The summed E-state index contributed by atoms with van der Waals surface area (Å²) in [6.45, 7) is 7.08. The highest BCUT2D eigenvalue weighted by Crippen LogP contribution is 2.31. The number of ether oxygens (including phenoxy) is 1. The van der Waals surface area contributed by atoms with Gasteiger partial charge in [0.05, 0.1) is 6.10 Å². The van der Waals surface area contributed by atoms with Crippen LogP contribution in [-0.2, 0) is 6.54 Å². The Morgan fingerprint density at radius 1 is 1.33 bits per heavy atom. The summed E-state index contributed by atoms with van der Waals surface area (Å²) in [5, 5.41) is 3.34. The molecule has 0 heterocycles. The molecular formula is C18H28FNO. The van der Waals surface area contributed by atoms with Gasteiger partial charge in [-0.25, -0.2) is 4.39 Å². The predicted octanol–water partition coefficient (Wildman–Crippen LogP) is 4.67. The van der Waals surface area contributed by atoms with Crippen LogP contribution in [-0.4, -0.2) is 12.1 Å². The molecule has 1 aromatic carbocycles. The van der Waals surface area contributed by atoms with Gasteiger partial charge in [-0.3, -0.25) is 0 Å². The van der Waals surface area contributed by atoms with Crippen molar-refractivity contribution in [3.63, 3.8) is 0 Å². The van der Waals surface area contributed by atoms with Crippen LogP contribution in [0.15, 0.2) is 18.2 Å². The second kappa shape index (κ2) is 7.79. The van der Waals surface area contributed by atoms with Crippen molar-refractivity contribution in [3.05, 3.63) is 29.6 Å². The maximum absolute atomic E-state index is 13.5. The number of benzene rings is 1. The Labute approximate surface area is 128 Å². The monoisotopic (exact) mass is 293 g/mol. The summed E-state index contributed by atoms with van der Waals surface area (Å²) in [4.78, 5) is 0. The fraction of sp³-hybridized carbons (Fsp3) is 0.667. The van der Waals surface area contributed by atoms with Crippen LogP contribution < -0.4 is 10.1 Å². The lowest BCUT2D eigenvalue weighted by molar-refractivity contribution is 0.120. The molecule has 0 aromatic heterocycles. The van der Waals surface area contributed by atoms with Gasteiger partial charge in [0.25, 0.3) is 0 Å². The van der Waals surface area contributed by atoms with E-state index in [2.05, 4.69) is 26.1 Å². The third-order valence-corrected chi connectivity index (χ3v) is 4.33. The molecule has 2 atom stereocenters. The third-order valence-electron chi connectivity index (χ3n) is 4.33. The molecule has 0 bridgehead atoms. The van der Waals surface area contributed by atoms with Crippen LogP contribution in [0.4, 0.5) is 4.39 Å². The van der Waals surface area contributed by atoms with E-state index in [9.17, 15) is 4.39 Å². The topological polar surface area (TPSA) is 21.3 Å². The first kappa shape index (κ1) is 16.3. The summed E-state index contributed by atoms with van der Waals surface area (Å²) >= 11 is 0. The van der Waals surface area contributed by atoms with Gasteiger partial charge in [-0.15, -0.1) is 0 Å². The van der Waals surface area contributed by atoms with Crippen molar-refractivity contribution in [1.29, 1.82) is 0 Å². The van der Waals surface area contributed by atoms with E-state index < -0.39 is 0 Å². The summed E-state index contributed by atoms with van der Waals surface area (Å²) in [6, 6.07) is 5.24. The molecule has 0 saturated heterocycles. The van der Waals surface area contributed by atoms with E-state index >= 15 is 0 Å². The number of rotatable bonds is 6. The van der Waals surface area contributed by atoms with Crippen LogP contribution in [0.1, 0.15) is 58.4 Å². The van der Waals surface area contributed by atoms with Crippen molar-refractivity contribution in [2.75, 3.05) is 0 Å². The third kappa shape index (κ3) is 4.99. The van der Waals surface area contributed by atoms with Gasteiger partial charge in [-0.2, -0.15) is 0 Å². The molecule has 1 saturated carbocycles. The summed E-state index contributed by atoms with van der Waals surface area (Å²) in [5.41, 5.74) is 0.919. The first-order chi connectivity index (χ1) is 10.1. The average Bonchev–Trinajstić information content (AvgIpc) is 2.47. The molecule has 2 unspecified atom stereocenters. The maximum Gasteiger partial charge on any atom is 0.124 e. The Hall–Kier alpha value is -1.09. The SMILES string of the molecule is CCC1CCCC(Oc2ccc(F)cc2CNC(C)C)C1. The summed E-state index contributed by atoms with van der Waals surface area (Å²) < 4.78 is 19.7. The van der Waals surface area contributed by atoms with E-state index in [4.69, 9.17) is 4.74 Å². The molecule has 0 spiro atoms. The van der Waals surface area contributed by atoms with Gasteiger partial charge in [-0.1, -0.05) is 33.6 Å². The summed E-state index contributed by atoms with van der Waals surface area (Å²) in [7, 11) is 0. The molecule has 3 heteroatoms. The molecule has 0 radical (unpaired) electrons. The largest absolute Gasteiger partial charge is 0.490 e. The highest BCUT2D eigenvalue weighted by Gasteiger charge is 2.22. The van der Waals surface area contributed by atoms with Crippen LogP contribution in [0.5, 0.6) is 5.75 Å². The molecule has 1 fully saturated rings. The normalized spacial score (nSPS) is 22.5. The van der Waals surface area contributed by atoms with Crippen molar-refractivity contribution >= 4 is 0 Å². The predicted molar refractivity (Wildman–Crippen MR) is 85.0 cm³/mol. The zero-order valence-electron chi connectivity index (χ0n) is 13.5. The van der Waals surface area contributed by atoms with Crippen molar-refractivity contribution in [2.24, 2.45) is 5.92 Å². The highest BCUT2D eigenvalue weighted by molar-refractivity contribution is 5.34. The van der Waals surface area contributed by atoms with E-state index in [1.807, 2.05) is 0 Å². The van der Waals surface area contributed by atoms with Crippen molar-refractivity contribution in [1.82, 2.24) is 5.32 Å². The molecule has 1 aliphatic rings. The molecule has 1 N–H and O–H groups in total. The Morgan fingerprint density at radius 2 is 2.14 bits per heavy atom. The first-order valence-electron chi connectivity index (χ1n) is 8.27. The van der Waals surface area contributed by atoms with Gasteiger partial charge in [0.15, 0.2) is 0 Å². The lowest BCUT2D eigenvalue weighted by atomic mass is 9.85. The molecule has 2 rings (SSSR count). The fourth-order valence-electron chi connectivity index (χ4n) is 3.01. The molecule has 118 valence electrons. The van der Waals surface area contributed by atoms with E-state index in [1.54, 1.807) is 12.1 Å². The van der Waals surface area contributed by atoms with Crippen molar-refractivity contribution in [3.8, 4) is 5.75 Å². The van der Waals surface area contributed by atoms with Gasteiger partial charge >= 0.3 is 0 Å². The maximum atomic E-state index is 13.5. The van der Waals surface area contributed by atoms with Crippen molar-refractivity contribution < 1.29 is 9.13 Å². The van der Waals surface area contributed by atoms with E-state index in [1.165, 1.54) is 25.3 Å². The smallest absolute Gasteiger partial charge is 0.124 e. The zero-order chi connectivity index (χ0) is 15.2. The Balaban J connectivity index is 2.04. The molecule has 0 aliphatic heterocycles. The lowest BCUT2D eigenvalue weighted by Crippen LogP contribution is -2.26. The Bertz CT molecular complexity index is 447. The molecule has 1 aromatic rings. The number of nitrogens with one attached hydrogen (secondary N) is 1. The number of hydrogen-bond donors (Lipinski definition) is 1. The minimum atomic E-state index is -0.196. The van der Waals surface area contributed by atoms with Crippen LogP contribution >= 0.6 is 0 Å². The average molecular weight is 293 g/mol. The molecule has 2 nitrogen and oxygen atoms in total. The number of halogens is 1. The summed E-state index contributed by atoms with van der Waals surface area (Å²) in [6.07, 6.45) is 6.32. The molecule has 21 heavy (non-hydrogen) atoms. The zero-order valence-corrected chi connectivity index (χ0v) is 13.5. The van der Waals surface area contributed by atoms with Gasteiger partial charge in [0.2, 0.25) is 0 Å². The number of hydrogen-bond acceptors (Lipinski definition) is 2. The molecule has 0 amide bonds.